The van der Waals surface area contributed by atoms with Gasteiger partial charge in [0.15, 0.2) is 0 Å². The molecule has 0 fully saturated rings. The van der Waals surface area contributed by atoms with E-state index in [1.807, 2.05) is 51.1 Å². The van der Waals surface area contributed by atoms with Crippen LogP contribution in [0.5, 0.6) is 0 Å². The molecule has 0 radical (unpaired) electrons. The van der Waals surface area contributed by atoms with Gasteiger partial charge in [0.2, 0.25) is 0 Å². The van der Waals surface area contributed by atoms with E-state index in [4.69, 9.17) is 10.5 Å². The van der Waals surface area contributed by atoms with Crippen LogP contribution in [0.25, 0.3) is 10.8 Å². The molecule has 0 aliphatic heterocycles. The van der Waals surface area contributed by atoms with E-state index >= 15 is 0 Å². The van der Waals surface area contributed by atoms with E-state index in [0.717, 1.165) is 16.3 Å². The Morgan fingerprint density at radius 1 is 1.15 bits per heavy atom. The molecule has 0 amide bonds. The molecule has 0 spiro atoms. The number of benzene rings is 2. The van der Waals surface area contributed by atoms with Crippen LogP contribution in [0.3, 0.4) is 0 Å². The van der Waals surface area contributed by atoms with Crippen LogP contribution in [0.4, 0.5) is 0 Å². The van der Waals surface area contributed by atoms with Crippen molar-refractivity contribution >= 4 is 16.7 Å². The van der Waals surface area contributed by atoms with Gasteiger partial charge in [-0.1, -0.05) is 42.5 Å². The van der Waals surface area contributed by atoms with Crippen LogP contribution in [-0.4, -0.2) is 17.6 Å². The molecule has 0 aliphatic carbocycles. The number of hydrogen-bond donors (Lipinski definition) is 1. The zero-order chi connectivity index (χ0) is 14.8. The molecule has 3 heteroatoms. The largest absolute Gasteiger partial charge is 0.459 e. The first-order valence-corrected chi connectivity index (χ1v) is 6.82. The van der Waals surface area contributed by atoms with Gasteiger partial charge in [-0.2, -0.15) is 0 Å². The lowest BCUT2D eigenvalue weighted by molar-refractivity contribution is -0.156. The normalized spacial score (nSPS) is 13.2. The number of hydrogen-bond acceptors (Lipinski definition) is 3. The summed E-state index contributed by atoms with van der Waals surface area (Å²) in [5, 5.41) is 2.29. The first-order chi connectivity index (χ1) is 9.37. The minimum Gasteiger partial charge on any atom is -0.459 e. The highest BCUT2D eigenvalue weighted by molar-refractivity contribution is 5.86. The van der Waals surface area contributed by atoms with E-state index in [-0.39, 0.29) is 5.97 Å². The zero-order valence-electron chi connectivity index (χ0n) is 12.2. The Labute approximate surface area is 119 Å². The fourth-order valence-corrected chi connectivity index (χ4v) is 2.17. The monoisotopic (exact) mass is 271 g/mol. The summed E-state index contributed by atoms with van der Waals surface area (Å²) >= 11 is 0. The van der Waals surface area contributed by atoms with Gasteiger partial charge in [0.1, 0.15) is 11.6 Å². The van der Waals surface area contributed by atoms with Crippen molar-refractivity contribution in [1.82, 2.24) is 0 Å². The number of carbonyl (C=O) groups is 1. The van der Waals surface area contributed by atoms with Crippen LogP contribution in [0.15, 0.2) is 42.5 Å². The summed E-state index contributed by atoms with van der Waals surface area (Å²) in [5.74, 6) is -0.356. The van der Waals surface area contributed by atoms with E-state index in [1.165, 1.54) is 0 Å². The first kappa shape index (κ1) is 14.5. The van der Waals surface area contributed by atoms with E-state index in [2.05, 4.69) is 12.1 Å². The number of fused-ring (bicyclic) bond motifs is 1. The van der Waals surface area contributed by atoms with Crippen molar-refractivity contribution in [2.24, 2.45) is 5.73 Å². The predicted octanol–water partition coefficient (Wildman–Crippen LogP) is 3.05. The van der Waals surface area contributed by atoms with E-state index < -0.39 is 11.6 Å². The highest BCUT2D eigenvalue weighted by atomic mass is 16.6. The summed E-state index contributed by atoms with van der Waals surface area (Å²) in [7, 11) is 0. The molecular weight excluding hydrogens is 250 g/mol. The average Bonchev–Trinajstić information content (AvgIpc) is 2.37. The van der Waals surface area contributed by atoms with Crippen LogP contribution in [-0.2, 0) is 16.0 Å². The van der Waals surface area contributed by atoms with Gasteiger partial charge in [0.25, 0.3) is 0 Å². The van der Waals surface area contributed by atoms with Gasteiger partial charge in [0, 0.05) is 0 Å². The van der Waals surface area contributed by atoms with E-state index in [0.29, 0.717) is 6.42 Å². The number of ether oxygens (including phenoxy) is 1. The molecule has 2 rings (SSSR count). The maximum atomic E-state index is 12.0. The summed E-state index contributed by atoms with van der Waals surface area (Å²) < 4.78 is 5.32. The Balaban J connectivity index is 2.18. The molecule has 0 saturated heterocycles. The van der Waals surface area contributed by atoms with Crippen molar-refractivity contribution < 1.29 is 9.53 Å². The van der Waals surface area contributed by atoms with E-state index in [9.17, 15) is 4.79 Å². The van der Waals surface area contributed by atoms with Gasteiger partial charge < -0.3 is 10.5 Å². The number of esters is 1. The molecule has 106 valence electrons. The topological polar surface area (TPSA) is 52.3 Å². The zero-order valence-corrected chi connectivity index (χ0v) is 12.2. The standard InChI is InChI=1S/C17H21NO2/c1-17(2,3)20-16(19)15(18)11-13-9-6-8-12-7-4-5-10-14(12)13/h4-10,15H,11,18H2,1-3H3/t15-/m1/s1. The lowest BCUT2D eigenvalue weighted by Crippen LogP contribution is -2.38. The molecule has 0 saturated carbocycles. The van der Waals surface area contributed by atoms with Gasteiger partial charge in [-0.05, 0) is 43.5 Å². The summed E-state index contributed by atoms with van der Waals surface area (Å²) in [6, 6.07) is 13.5. The summed E-state index contributed by atoms with van der Waals surface area (Å²) in [5.41, 5.74) is 6.54. The van der Waals surface area contributed by atoms with Gasteiger partial charge >= 0.3 is 5.97 Å². The minimum atomic E-state index is -0.639. The van der Waals surface area contributed by atoms with Gasteiger partial charge in [0.05, 0.1) is 0 Å². The van der Waals surface area contributed by atoms with Crippen LogP contribution in [0.1, 0.15) is 26.3 Å². The average molecular weight is 271 g/mol. The molecule has 0 unspecified atom stereocenters. The maximum absolute atomic E-state index is 12.0. The highest BCUT2D eigenvalue weighted by Gasteiger charge is 2.22. The van der Waals surface area contributed by atoms with Crippen LogP contribution >= 0.6 is 0 Å². The lowest BCUT2D eigenvalue weighted by atomic mass is 9.99. The Morgan fingerprint density at radius 3 is 2.50 bits per heavy atom. The van der Waals surface area contributed by atoms with Gasteiger partial charge in [-0.25, -0.2) is 0 Å². The second-order valence-electron chi connectivity index (χ2n) is 5.98. The molecule has 2 aromatic rings. The van der Waals surface area contributed by atoms with Crippen molar-refractivity contribution in [1.29, 1.82) is 0 Å². The third kappa shape index (κ3) is 3.58. The number of carbonyl (C=O) groups excluding carboxylic acids is 1. The third-order valence-electron chi connectivity index (χ3n) is 3.03. The minimum absolute atomic E-state index is 0.356. The smallest absolute Gasteiger partial charge is 0.323 e. The SMILES string of the molecule is CC(C)(C)OC(=O)[C@H](N)Cc1cccc2ccccc12. The Morgan fingerprint density at radius 2 is 1.80 bits per heavy atom. The van der Waals surface area contributed by atoms with Crippen LogP contribution in [0.2, 0.25) is 0 Å². The van der Waals surface area contributed by atoms with Crippen LogP contribution < -0.4 is 5.73 Å². The second-order valence-corrected chi connectivity index (χ2v) is 5.98. The molecule has 2 N–H and O–H groups in total. The van der Waals surface area contributed by atoms with Crippen molar-refractivity contribution in [2.75, 3.05) is 0 Å². The quantitative estimate of drug-likeness (QED) is 0.873. The molecule has 1 atom stereocenters. The molecule has 2 aromatic carbocycles. The fourth-order valence-electron chi connectivity index (χ4n) is 2.17. The summed E-state index contributed by atoms with van der Waals surface area (Å²) in [4.78, 5) is 12.0. The van der Waals surface area contributed by atoms with Crippen molar-refractivity contribution in [2.45, 2.75) is 38.8 Å². The van der Waals surface area contributed by atoms with Gasteiger partial charge in [-0.15, -0.1) is 0 Å². The van der Waals surface area contributed by atoms with Crippen molar-refractivity contribution in [3.8, 4) is 0 Å². The van der Waals surface area contributed by atoms with Crippen molar-refractivity contribution in [3.63, 3.8) is 0 Å². The number of nitrogens with two attached hydrogens (primary N) is 1. The molecular formula is C17H21NO2. The second kappa shape index (κ2) is 5.63. The summed E-state index contributed by atoms with van der Waals surface area (Å²) in [6.07, 6.45) is 0.482. The lowest BCUT2D eigenvalue weighted by Gasteiger charge is -2.22. The number of rotatable bonds is 3. The molecule has 0 aliphatic rings. The van der Waals surface area contributed by atoms with Crippen LogP contribution in [0, 0.1) is 0 Å². The highest BCUT2D eigenvalue weighted by Crippen LogP contribution is 2.20. The Hall–Kier alpha value is -1.87. The van der Waals surface area contributed by atoms with Gasteiger partial charge in [-0.3, -0.25) is 4.79 Å². The fraction of sp³-hybridized carbons (Fsp3) is 0.353. The van der Waals surface area contributed by atoms with E-state index in [1.54, 1.807) is 0 Å². The Bertz CT molecular complexity index is 608. The molecule has 20 heavy (non-hydrogen) atoms. The Kier molecular flexibility index (Phi) is 4.09. The summed E-state index contributed by atoms with van der Waals surface area (Å²) in [6.45, 7) is 5.53. The molecule has 0 heterocycles. The molecule has 0 aromatic heterocycles. The first-order valence-electron chi connectivity index (χ1n) is 6.82. The van der Waals surface area contributed by atoms with Crippen molar-refractivity contribution in [3.05, 3.63) is 48.0 Å². The maximum Gasteiger partial charge on any atom is 0.323 e. The predicted molar refractivity (Wildman–Crippen MR) is 81.5 cm³/mol. The molecule has 3 nitrogen and oxygen atoms in total. The molecule has 0 bridgehead atoms. The third-order valence-corrected chi connectivity index (χ3v) is 3.03.